The number of fused-ring (bicyclic) bond motifs is 1. The average molecular weight is 364 g/mol. The van der Waals surface area contributed by atoms with Gasteiger partial charge < -0.3 is 9.80 Å². The van der Waals surface area contributed by atoms with Crippen molar-refractivity contribution in [3.05, 3.63) is 59.2 Å². The highest BCUT2D eigenvalue weighted by molar-refractivity contribution is 5.92. The van der Waals surface area contributed by atoms with E-state index in [2.05, 4.69) is 28.2 Å². The number of carbonyl (C=O) groups excluding carboxylic acids is 2. The molecule has 0 unspecified atom stereocenters. The average Bonchev–Trinajstić information content (AvgIpc) is 3.02. The van der Waals surface area contributed by atoms with Crippen LogP contribution in [0.25, 0.3) is 0 Å². The van der Waals surface area contributed by atoms with Gasteiger partial charge in [0, 0.05) is 38.6 Å². The van der Waals surface area contributed by atoms with Crippen molar-refractivity contribution < 1.29 is 9.59 Å². The summed E-state index contributed by atoms with van der Waals surface area (Å²) >= 11 is 0. The first-order chi connectivity index (χ1) is 13.2. The summed E-state index contributed by atoms with van der Waals surface area (Å²) in [5, 5.41) is 0. The van der Waals surface area contributed by atoms with Crippen LogP contribution in [0.1, 0.15) is 40.0 Å². The molecule has 0 atom stereocenters. The lowest BCUT2D eigenvalue weighted by Gasteiger charge is -2.22. The maximum absolute atomic E-state index is 12.8. The molecule has 6 heteroatoms. The number of rotatable bonds is 3. The number of aromatic nitrogens is 2. The van der Waals surface area contributed by atoms with E-state index in [1.165, 1.54) is 29.9 Å². The van der Waals surface area contributed by atoms with Crippen molar-refractivity contribution in [3.63, 3.8) is 0 Å². The molecular formula is C21H24N4O2. The fraction of sp³-hybridized carbons (Fsp3) is 0.429. The summed E-state index contributed by atoms with van der Waals surface area (Å²) < 4.78 is 0. The van der Waals surface area contributed by atoms with E-state index in [9.17, 15) is 9.59 Å². The van der Waals surface area contributed by atoms with Gasteiger partial charge in [0.1, 0.15) is 5.69 Å². The van der Waals surface area contributed by atoms with E-state index in [4.69, 9.17) is 0 Å². The molecule has 0 spiro atoms. The quantitative estimate of drug-likeness (QED) is 0.834. The number of aryl methyl sites for hydroxylation is 2. The molecule has 1 aliphatic carbocycles. The van der Waals surface area contributed by atoms with Gasteiger partial charge in [-0.2, -0.15) is 0 Å². The van der Waals surface area contributed by atoms with Crippen LogP contribution in [-0.4, -0.2) is 57.8 Å². The van der Waals surface area contributed by atoms with Crippen LogP contribution in [0.4, 0.5) is 0 Å². The summed E-state index contributed by atoms with van der Waals surface area (Å²) in [4.78, 5) is 37.0. The minimum Gasteiger partial charge on any atom is -0.341 e. The monoisotopic (exact) mass is 364 g/mol. The van der Waals surface area contributed by atoms with Crippen molar-refractivity contribution in [2.75, 3.05) is 26.2 Å². The summed E-state index contributed by atoms with van der Waals surface area (Å²) in [5.74, 6) is 0.0257. The summed E-state index contributed by atoms with van der Waals surface area (Å²) in [6.07, 6.45) is 9.29. The van der Waals surface area contributed by atoms with Crippen molar-refractivity contribution >= 4 is 11.8 Å². The van der Waals surface area contributed by atoms with Gasteiger partial charge >= 0.3 is 0 Å². The Balaban J connectivity index is 1.36. The summed E-state index contributed by atoms with van der Waals surface area (Å²) in [5.41, 5.74) is 4.28. The van der Waals surface area contributed by atoms with Gasteiger partial charge in [0.15, 0.2) is 0 Å². The van der Waals surface area contributed by atoms with Crippen LogP contribution in [0, 0.1) is 0 Å². The molecule has 2 amide bonds. The zero-order valence-electron chi connectivity index (χ0n) is 15.4. The number of amides is 2. The van der Waals surface area contributed by atoms with E-state index in [0.29, 0.717) is 38.3 Å². The highest BCUT2D eigenvalue weighted by atomic mass is 16.2. The van der Waals surface area contributed by atoms with Crippen LogP contribution in [-0.2, 0) is 24.1 Å². The van der Waals surface area contributed by atoms with Gasteiger partial charge in [-0.3, -0.25) is 14.6 Å². The van der Waals surface area contributed by atoms with Crippen LogP contribution >= 0.6 is 0 Å². The molecule has 0 radical (unpaired) electrons. The standard InChI is InChI=1S/C21H24N4O2/c26-20(14-16-5-6-17-3-1-4-18(17)13-16)24-9-2-10-25(12-11-24)21(27)19-15-22-7-8-23-19/h5-8,13,15H,1-4,9-12,14H2. The first-order valence-electron chi connectivity index (χ1n) is 9.64. The SMILES string of the molecule is O=C(Cc1ccc2c(c1)CCC2)N1CCCN(C(=O)c2cnccn2)CC1. The molecule has 1 saturated heterocycles. The Morgan fingerprint density at radius 3 is 2.59 bits per heavy atom. The lowest BCUT2D eigenvalue weighted by atomic mass is 10.0. The smallest absolute Gasteiger partial charge is 0.274 e. The molecule has 140 valence electrons. The molecule has 6 nitrogen and oxygen atoms in total. The highest BCUT2D eigenvalue weighted by Crippen LogP contribution is 2.23. The Hall–Kier alpha value is -2.76. The molecule has 0 N–H and O–H groups in total. The number of benzene rings is 1. The van der Waals surface area contributed by atoms with E-state index < -0.39 is 0 Å². The number of nitrogens with zero attached hydrogens (tertiary/aromatic N) is 4. The fourth-order valence-electron chi connectivity index (χ4n) is 3.96. The van der Waals surface area contributed by atoms with Gasteiger partial charge in [-0.15, -0.1) is 0 Å². The Morgan fingerprint density at radius 2 is 1.74 bits per heavy atom. The summed E-state index contributed by atoms with van der Waals surface area (Å²) in [6.45, 7) is 2.42. The molecule has 1 aromatic heterocycles. The topological polar surface area (TPSA) is 66.4 Å². The maximum atomic E-state index is 12.8. The van der Waals surface area contributed by atoms with Gasteiger partial charge in [-0.25, -0.2) is 4.98 Å². The van der Waals surface area contributed by atoms with E-state index in [0.717, 1.165) is 24.8 Å². The zero-order chi connectivity index (χ0) is 18.6. The van der Waals surface area contributed by atoms with Gasteiger partial charge in [0.05, 0.1) is 12.6 Å². The minimum absolute atomic E-state index is 0.115. The van der Waals surface area contributed by atoms with E-state index in [-0.39, 0.29) is 11.8 Å². The predicted octanol–water partition coefficient (Wildman–Crippen LogP) is 1.88. The van der Waals surface area contributed by atoms with Gasteiger partial charge in [0.2, 0.25) is 5.91 Å². The number of hydrogen-bond donors (Lipinski definition) is 0. The normalized spacial score (nSPS) is 16.7. The zero-order valence-corrected chi connectivity index (χ0v) is 15.4. The van der Waals surface area contributed by atoms with Gasteiger partial charge in [0.25, 0.3) is 5.91 Å². The first kappa shape index (κ1) is 17.6. The Morgan fingerprint density at radius 1 is 0.926 bits per heavy atom. The molecule has 0 bridgehead atoms. The summed E-state index contributed by atoms with van der Waals surface area (Å²) in [6, 6.07) is 6.46. The van der Waals surface area contributed by atoms with Crippen LogP contribution < -0.4 is 0 Å². The Kier molecular flexibility index (Phi) is 5.14. The molecule has 1 fully saturated rings. The maximum Gasteiger partial charge on any atom is 0.274 e. The number of carbonyl (C=O) groups is 2. The highest BCUT2D eigenvalue weighted by Gasteiger charge is 2.24. The van der Waals surface area contributed by atoms with E-state index in [1.54, 1.807) is 11.1 Å². The van der Waals surface area contributed by atoms with Crippen LogP contribution in [0.15, 0.2) is 36.8 Å². The van der Waals surface area contributed by atoms with Gasteiger partial charge in [-0.1, -0.05) is 18.2 Å². The van der Waals surface area contributed by atoms with E-state index >= 15 is 0 Å². The van der Waals surface area contributed by atoms with Crippen molar-refractivity contribution in [1.82, 2.24) is 19.8 Å². The van der Waals surface area contributed by atoms with Crippen molar-refractivity contribution in [1.29, 1.82) is 0 Å². The Labute approximate surface area is 159 Å². The van der Waals surface area contributed by atoms with Crippen molar-refractivity contribution in [2.24, 2.45) is 0 Å². The summed E-state index contributed by atoms with van der Waals surface area (Å²) in [7, 11) is 0. The Bertz CT molecular complexity index is 837. The third-order valence-electron chi connectivity index (χ3n) is 5.44. The molecule has 1 aliphatic heterocycles. The van der Waals surface area contributed by atoms with Crippen LogP contribution in [0.2, 0.25) is 0 Å². The first-order valence-corrected chi connectivity index (χ1v) is 9.64. The molecule has 27 heavy (non-hydrogen) atoms. The van der Waals surface area contributed by atoms with Gasteiger partial charge in [-0.05, 0) is 42.4 Å². The molecular weight excluding hydrogens is 340 g/mol. The predicted molar refractivity (Wildman–Crippen MR) is 101 cm³/mol. The third-order valence-corrected chi connectivity index (χ3v) is 5.44. The van der Waals surface area contributed by atoms with Crippen molar-refractivity contribution in [3.8, 4) is 0 Å². The largest absolute Gasteiger partial charge is 0.341 e. The van der Waals surface area contributed by atoms with E-state index in [1.807, 2.05) is 4.90 Å². The van der Waals surface area contributed by atoms with Crippen molar-refractivity contribution in [2.45, 2.75) is 32.1 Å². The number of hydrogen-bond acceptors (Lipinski definition) is 4. The molecule has 4 rings (SSSR count). The molecule has 1 aromatic carbocycles. The molecule has 0 saturated carbocycles. The second-order valence-corrected chi connectivity index (χ2v) is 7.25. The van der Waals surface area contributed by atoms with Crippen LogP contribution in [0.3, 0.4) is 0 Å². The molecule has 2 aromatic rings. The van der Waals surface area contributed by atoms with Crippen LogP contribution in [0.5, 0.6) is 0 Å². The third kappa shape index (κ3) is 3.99. The second kappa shape index (κ2) is 7.86. The molecule has 2 heterocycles. The molecule has 2 aliphatic rings. The minimum atomic E-state index is -0.115. The lowest BCUT2D eigenvalue weighted by molar-refractivity contribution is -0.130. The fourth-order valence-corrected chi connectivity index (χ4v) is 3.96. The lowest BCUT2D eigenvalue weighted by Crippen LogP contribution is -2.38. The second-order valence-electron chi connectivity index (χ2n) is 7.25.